The second-order valence-corrected chi connectivity index (χ2v) is 9.67. The van der Waals surface area contributed by atoms with Crippen molar-refractivity contribution < 1.29 is 9.59 Å². The lowest BCUT2D eigenvalue weighted by Crippen LogP contribution is -2.70. The number of rotatable bonds is 7. The van der Waals surface area contributed by atoms with Gasteiger partial charge in [0.1, 0.15) is 5.54 Å². The van der Waals surface area contributed by atoms with E-state index in [1.54, 1.807) is 0 Å². The summed E-state index contributed by atoms with van der Waals surface area (Å²) in [6.45, 7) is 3.17. The normalized spacial score (nSPS) is 18.1. The van der Waals surface area contributed by atoms with Crippen LogP contribution in [0.2, 0.25) is 0 Å². The lowest BCUT2D eigenvalue weighted by atomic mass is 9.81. The van der Waals surface area contributed by atoms with Crippen molar-refractivity contribution in [3.05, 3.63) is 108 Å². The molecule has 3 aromatic rings. The quantitative estimate of drug-likeness (QED) is 0.574. The van der Waals surface area contributed by atoms with Crippen LogP contribution in [0.15, 0.2) is 91.0 Å². The molecule has 0 atom stereocenters. The van der Waals surface area contributed by atoms with E-state index in [0.717, 1.165) is 37.2 Å². The van der Waals surface area contributed by atoms with Crippen LogP contribution in [0.4, 0.5) is 0 Å². The van der Waals surface area contributed by atoms with Crippen molar-refractivity contribution in [1.29, 1.82) is 0 Å². The standard InChI is InChI=1S/C30H33N3O2/c34-28-22-31-29(35)30(17-20-32(21-18-30)19-16-24-10-4-1-5-11-24)33(28)23-27(25-12-6-2-7-13-25)26-14-8-3-9-15-26/h1-15,27H,16-23H2,(H,31,35). The molecule has 0 radical (unpaired) electrons. The topological polar surface area (TPSA) is 52.7 Å². The number of hydrogen-bond donors (Lipinski definition) is 1. The van der Waals surface area contributed by atoms with Gasteiger partial charge in [-0.05, 0) is 36.0 Å². The fourth-order valence-corrected chi connectivity index (χ4v) is 5.59. The SMILES string of the molecule is O=C1CNC(=O)C2(CCN(CCc3ccccc3)CC2)N1CC(c1ccccc1)c1ccccc1. The Hall–Kier alpha value is -3.44. The number of carbonyl (C=O) groups excluding carboxylic acids is 2. The van der Waals surface area contributed by atoms with Crippen LogP contribution in [-0.2, 0) is 16.0 Å². The number of nitrogens with zero attached hydrogens (tertiary/aromatic N) is 2. The number of nitrogens with one attached hydrogen (secondary N) is 1. The third-order valence-electron chi connectivity index (χ3n) is 7.65. The van der Waals surface area contributed by atoms with Crippen LogP contribution < -0.4 is 5.32 Å². The smallest absolute Gasteiger partial charge is 0.246 e. The van der Waals surface area contributed by atoms with Gasteiger partial charge in [0.25, 0.3) is 0 Å². The van der Waals surface area contributed by atoms with Gasteiger partial charge in [-0.25, -0.2) is 0 Å². The molecule has 3 aromatic carbocycles. The van der Waals surface area contributed by atoms with Crippen molar-refractivity contribution in [2.45, 2.75) is 30.7 Å². The minimum atomic E-state index is -0.777. The van der Waals surface area contributed by atoms with Crippen LogP contribution in [0.1, 0.15) is 35.4 Å². The highest BCUT2D eigenvalue weighted by molar-refractivity contribution is 5.98. The Kier molecular flexibility index (Phi) is 6.96. The summed E-state index contributed by atoms with van der Waals surface area (Å²) in [7, 11) is 0. The molecule has 2 heterocycles. The summed E-state index contributed by atoms with van der Waals surface area (Å²) in [5.74, 6) is 0.0270. The van der Waals surface area contributed by atoms with Crippen LogP contribution in [0, 0.1) is 0 Å². The summed E-state index contributed by atoms with van der Waals surface area (Å²) in [6, 6.07) is 31.2. The van der Waals surface area contributed by atoms with E-state index in [2.05, 4.69) is 58.7 Å². The van der Waals surface area contributed by atoms with Crippen molar-refractivity contribution in [2.24, 2.45) is 0 Å². The molecule has 35 heavy (non-hydrogen) atoms. The summed E-state index contributed by atoms with van der Waals surface area (Å²) in [4.78, 5) is 31.0. The largest absolute Gasteiger partial charge is 0.345 e. The molecular weight excluding hydrogens is 434 g/mol. The molecule has 0 aliphatic carbocycles. The van der Waals surface area contributed by atoms with Gasteiger partial charge in [0, 0.05) is 32.1 Å². The van der Waals surface area contributed by atoms with Crippen LogP contribution >= 0.6 is 0 Å². The molecule has 2 fully saturated rings. The first kappa shape index (κ1) is 23.3. The highest BCUT2D eigenvalue weighted by Gasteiger charge is 2.51. The Morgan fingerprint density at radius 3 is 1.89 bits per heavy atom. The molecule has 0 saturated carbocycles. The Morgan fingerprint density at radius 2 is 1.31 bits per heavy atom. The van der Waals surface area contributed by atoms with E-state index in [0.29, 0.717) is 19.4 Å². The fourth-order valence-electron chi connectivity index (χ4n) is 5.59. The molecule has 180 valence electrons. The van der Waals surface area contributed by atoms with Crippen molar-refractivity contribution in [3.63, 3.8) is 0 Å². The predicted molar refractivity (Wildman–Crippen MR) is 138 cm³/mol. The number of carbonyl (C=O) groups is 2. The third-order valence-corrected chi connectivity index (χ3v) is 7.65. The number of hydrogen-bond acceptors (Lipinski definition) is 3. The van der Waals surface area contributed by atoms with Crippen molar-refractivity contribution in [2.75, 3.05) is 32.7 Å². The Labute approximate surface area is 207 Å². The molecule has 1 N–H and O–H groups in total. The molecule has 2 aliphatic rings. The number of benzene rings is 3. The highest BCUT2D eigenvalue weighted by Crippen LogP contribution is 2.35. The van der Waals surface area contributed by atoms with Crippen molar-refractivity contribution in [3.8, 4) is 0 Å². The average Bonchev–Trinajstić information content (AvgIpc) is 2.92. The van der Waals surface area contributed by atoms with Gasteiger partial charge in [0.2, 0.25) is 11.8 Å². The molecule has 0 aromatic heterocycles. The van der Waals surface area contributed by atoms with Crippen LogP contribution in [0.3, 0.4) is 0 Å². The average molecular weight is 468 g/mol. The van der Waals surface area contributed by atoms with E-state index in [4.69, 9.17) is 0 Å². The van der Waals surface area contributed by atoms with Crippen LogP contribution in [0.25, 0.3) is 0 Å². The highest BCUT2D eigenvalue weighted by atomic mass is 16.2. The van der Waals surface area contributed by atoms with Gasteiger partial charge in [0.15, 0.2) is 0 Å². The maximum absolute atomic E-state index is 13.3. The first-order chi connectivity index (χ1) is 17.2. The van der Waals surface area contributed by atoms with Crippen molar-refractivity contribution >= 4 is 11.8 Å². The number of piperidine rings is 1. The summed E-state index contributed by atoms with van der Waals surface area (Å²) < 4.78 is 0. The minimum Gasteiger partial charge on any atom is -0.345 e. The first-order valence-electron chi connectivity index (χ1n) is 12.6. The van der Waals surface area contributed by atoms with E-state index >= 15 is 0 Å². The second kappa shape index (κ2) is 10.4. The van der Waals surface area contributed by atoms with Gasteiger partial charge in [-0.1, -0.05) is 91.0 Å². The van der Waals surface area contributed by atoms with Gasteiger partial charge in [-0.15, -0.1) is 0 Å². The molecular formula is C30H33N3O2. The van der Waals surface area contributed by atoms with E-state index in [-0.39, 0.29) is 24.3 Å². The molecule has 5 rings (SSSR count). The lowest BCUT2D eigenvalue weighted by molar-refractivity contribution is -0.157. The van der Waals surface area contributed by atoms with E-state index in [1.165, 1.54) is 5.56 Å². The zero-order valence-electron chi connectivity index (χ0n) is 20.1. The van der Waals surface area contributed by atoms with E-state index in [9.17, 15) is 9.59 Å². The Balaban J connectivity index is 1.36. The van der Waals surface area contributed by atoms with Gasteiger partial charge in [-0.2, -0.15) is 0 Å². The zero-order chi connectivity index (χ0) is 24.1. The van der Waals surface area contributed by atoms with Crippen LogP contribution in [0.5, 0.6) is 0 Å². The minimum absolute atomic E-state index is 0.000294. The van der Waals surface area contributed by atoms with Crippen molar-refractivity contribution in [1.82, 2.24) is 15.1 Å². The van der Waals surface area contributed by atoms with Gasteiger partial charge < -0.3 is 15.1 Å². The molecule has 5 heteroatoms. The zero-order valence-corrected chi connectivity index (χ0v) is 20.1. The number of amides is 2. The van der Waals surface area contributed by atoms with Gasteiger partial charge >= 0.3 is 0 Å². The van der Waals surface area contributed by atoms with Crippen LogP contribution in [-0.4, -0.2) is 59.9 Å². The molecule has 1 spiro atoms. The summed E-state index contributed by atoms with van der Waals surface area (Å²) >= 11 is 0. The van der Waals surface area contributed by atoms with E-state index < -0.39 is 5.54 Å². The molecule has 0 unspecified atom stereocenters. The maximum atomic E-state index is 13.3. The molecule has 2 saturated heterocycles. The molecule has 2 aliphatic heterocycles. The Morgan fingerprint density at radius 1 is 0.771 bits per heavy atom. The second-order valence-electron chi connectivity index (χ2n) is 9.67. The van der Waals surface area contributed by atoms with Gasteiger partial charge in [-0.3, -0.25) is 9.59 Å². The lowest BCUT2D eigenvalue weighted by Gasteiger charge is -2.50. The molecule has 2 amide bonds. The Bertz CT molecular complexity index is 1090. The number of piperazine rings is 1. The monoisotopic (exact) mass is 467 g/mol. The molecule has 5 nitrogen and oxygen atoms in total. The number of likely N-dealkylation sites (tertiary alicyclic amines) is 1. The summed E-state index contributed by atoms with van der Waals surface area (Å²) in [5, 5.41) is 2.90. The summed E-state index contributed by atoms with van der Waals surface area (Å²) in [6.07, 6.45) is 2.32. The van der Waals surface area contributed by atoms with Gasteiger partial charge in [0.05, 0.1) is 6.54 Å². The molecule has 0 bridgehead atoms. The predicted octanol–water partition coefficient (Wildman–Crippen LogP) is 3.85. The fraction of sp³-hybridized carbons (Fsp3) is 0.333. The summed E-state index contributed by atoms with van der Waals surface area (Å²) in [5.41, 5.74) is 2.87. The maximum Gasteiger partial charge on any atom is 0.246 e. The first-order valence-corrected chi connectivity index (χ1v) is 12.6. The third kappa shape index (κ3) is 5.01. The van der Waals surface area contributed by atoms with E-state index in [1.807, 2.05) is 47.4 Å².